The van der Waals surface area contributed by atoms with E-state index in [0.717, 1.165) is 0 Å². The van der Waals surface area contributed by atoms with E-state index in [2.05, 4.69) is 9.98 Å². The average Bonchev–Trinajstić information content (AvgIpc) is 2.77. The van der Waals surface area contributed by atoms with Gasteiger partial charge in [-0.3, -0.25) is 9.98 Å². The summed E-state index contributed by atoms with van der Waals surface area (Å²) in [7, 11) is 2.91. The molecule has 0 saturated heterocycles. The third-order valence-electron chi connectivity index (χ3n) is 3.28. The molecular formula is C18H24CuN5O15Sm+2. The third-order valence-corrected chi connectivity index (χ3v) is 3.28. The number of rotatable bonds is 7. The molecule has 0 spiro atoms. The minimum atomic E-state index is -1.75. The quantitative estimate of drug-likeness (QED) is 0.0802. The van der Waals surface area contributed by atoms with Crippen LogP contribution < -0.4 is 19.7 Å². The Balaban J connectivity index is -0.000000154. The van der Waals surface area contributed by atoms with Gasteiger partial charge in [0, 0.05) is 12.4 Å². The van der Waals surface area contributed by atoms with Crippen molar-refractivity contribution < 1.29 is 103 Å². The molecule has 22 heteroatoms. The first-order valence-electron chi connectivity index (χ1n) is 8.99. The van der Waals surface area contributed by atoms with Crippen molar-refractivity contribution in [3.63, 3.8) is 0 Å². The van der Waals surface area contributed by atoms with Crippen molar-refractivity contribution in [2.24, 2.45) is 9.98 Å². The molecule has 20 nitrogen and oxygen atoms in total. The maximum Gasteiger partial charge on any atom is 3.00 e. The Morgan fingerprint density at radius 1 is 0.675 bits per heavy atom. The van der Waals surface area contributed by atoms with E-state index in [1.807, 2.05) is 0 Å². The minimum absolute atomic E-state index is 0. The van der Waals surface area contributed by atoms with Gasteiger partial charge in [-0.1, -0.05) is 35.8 Å². The van der Waals surface area contributed by atoms with Crippen LogP contribution in [0.1, 0.15) is 11.1 Å². The topological polar surface area (TPSA) is 354 Å². The molecule has 40 heavy (non-hydrogen) atoms. The van der Waals surface area contributed by atoms with Crippen molar-refractivity contribution in [3.8, 4) is 23.0 Å². The van der Waals surface area contributed by atoms with Crippen LogP contribution in [-0.4, -0.2) is 55.0 Å². The molecule has 6 N–H and O–H groups in total. The molecule has 0 unspecified atom stereocenters. The van der Waals surface area contributed by atoms with Crippen molar-refractivity contribution in [1.82, 2.24) is 0 Å². The van der Waals surface area contributed by atoms with Gasteiger partial charge in [-0.25, -0.2) is 0 Å². The fourth-order valence-electron chi connectivity index (χ4n) is 2.03. The molecule has 0 aliphatic heterocycles. The zero-order valence-electron chi connectivity index (χ0n) is 20.4. The molecule has 2 radical (unpaired) electrons. The zero-order chi connectivity index (χ0) is 28.1. The van der Waals surface area contributed by atoms with Crippen LogP contribution in [0.2, 0.25) is 0 Å². The molecule has 0 aliphatic rings. The van der Waals surface area contributed by atoms with Gasteiger partial charge in [-0.05, 0) is 23.3 Å². The van der Waals surface area contributed by atoms with Gasteiger partial charge in [-0.15, -0.1) is 0 Å². The summed E-state index contributed by atoms with van der Waals surface area (Å²) in [6, 6.07) is 10.0. The van der Waals surface area contributed by atoms with Gasteiger partial charge < -0.3 is 76.6 Å². The second kappa shape index (κ2) is 29.9. The number of aliphatic imine (C=N–C) groups is 2. The van der Waals surface area contributed by atoms with Crippen molar-refractivity contribution in [2.75, 3.05) is 27.3 Å². The van der Waals surface area contributed by atoms with Gasteiger partial charge in [0.25, 0.3) is 0 Å². The van der Waals surface area contributed by atoms with Crippen LogP contribution in [0.3, 0.4) is 0 Å². The van der Waals surface area contributed by atoms with Gasteiger partial charge in [0.05, 0.1) is 42.6 Å². The summed E-state index contributed by atoms with van der Waals surface area (Å²) in [5.41, 5.74) is 0.931. The van der Waals surface area contributed by atoms with Crippen LogP contribution in [0.4, 0.5) is 0 Å². The first-order chi connectivity index (χ1) is 16.9. The van der Waals surface area contributed by atoms with Crippen molar-refractivity contribution in [2.45, 2.75) is 0 Å². The molecule has 2 rings (SSSR count). The van der Waals surface area contributed by atoms with Crippen LogP contribution >= 0.6 is 0 Å². The van der Waals surface area contributed by atoms with Gasteiger partial charge in [0.1, 0.15) is 11.5 Å². The Morgan fingerprint density at radius 3 is 1.15 bits per heavy atom. The molecule has 2 aromatic carbocycles. The van der Waals surface area contributed by atoms with Gasteiger partial charge in [-0.2, -0.15) is 0 Å². The monoisotopic (exact) mass is 765 g/mol. The molecule has 0 aliphatic carbocycles. The Bertz CT molecular complexity index is 943. The number of methoxy groups -OCH3 is 2. The smallest absolute Gasteiger partial charge is 0.870 e. The molecule has 0 amide bonds. The number of hydrogen-bond donors (Lipinski definition) is 0. The number of nitrogens with zero attached hydrogens (tertiary/aromatic N) is 5. The van der Waals surface area contributed by atoms with Gasteiger partial charge in [0.15, 0.2) is 0 Å². The summed E-state index contributed by atoms with van der Waals surface area (Å²) in [6.07, 6.45) is 3.01. The van der Waals surface area contributed by atoms with Crippen LogP contribution in [-0.2, 0) is 28.0 Å². The summed E-state index contributed by atoms with van der Waals surface area (Å²) in [5, 5.41) is 68.1. The van der Waals surface area contributed by atoms with E-state index in [4.69, 9.17) is 55.4 Å². The molecule has 0 heterocycles. The molecule has 0 fully saturated rings. The van der Waals surface area contributed by atoms with E-state index in [-0.39, 0.29) is 91.4 Å². The van der Waals surface area contributed by atoms with Crippen molar-refractivity contribution in [1.29, 1.82) is 0 Å². The molecule has 2 aromatic rings. The third kappa shape index (κ3) is 27.4. The van der Waals surface area contributed by atoms with Crippen LogP contribution in [0.15, 0.2) is 46.4 Å². The second-order valence-corrected chi connectivity index (χ2v) is 5.50. The SMILES string of the molecule is COc1cccc(C=NCCN=Cc2cccc(OC)c2[O-])c1[O-].O=[N+]([O-])[O-].O=[N+]([O-])[O-].O=[N+]([O-])[O-].[Cu+2].[OH3+].[OH3+].[Sm+3]. The van der Waals surface area contributed by atoms with Crippen LogP contribution in [0.25, 0.3) is 0 Å². The fraction of sp³-hybridized carbons (Fsp3) is 0.222. The number of benzene rings is 2. The number of para-hydroxylation sites is 2. The van der Waals surface area contributed by atoms with Gasteiger partial charge in [0.2, 0.25) is 0 Å². The van der Waals surface area contributed by atoms with Gasteiger partial charge >= 0.3 is 57.5 Å². The maximum absolute atomic E-state index is 11.9. The molecule has 0 atom stereocenters. The summed E-state index contributed by atoms with van der Waals surface area (Å²) in [6.45, 7) is 0.816. The Morgan fingerprint density at radius 2 is 0.925 bits per heavy atom. The molecule has 0 saturated carbocycles. The van der Waals surface area contributed by atoms with E-state index >= 15 is 0 Å². The van der Waals surface area contributed by atoms with E-state index in [9.17, 15) is 10.2 Å². The summed E-state index contributed by atoms with van der Waals surface area (Å²) in [5.74, 6) is 0.190. The van der Waals surface area contributed by atoms with E-state index in [1.54, 1.807) is 36.4 Å². The first kappa shape index (κ1) is 49.3. The van der Waals surface area contributed by atoms with Crippen molar-refractivity contribution in [3.05, 3.63) is 93.5 Å². The molecular weight excluding hydrogens is 740 g/mol. The molecule has 226 valence electrons. The first-order valence-corrected chi connectivity index (χ1v) is 8.99. The Hall–Kier alpha value is -3.64. The van der Waals surface area contributed by atoms with Crippen LogP contribution in [0.5, 0.6) is 23.0 Å². The summed E-state index contributed by atoms with van der Waals surface area (Å²) in [4.78, 5) is 33.1. The predicted octanol–water partition coefficient (Wildman–Crippen LogP) is -1.17. The number of ether oxygens (including phenoxy) is 2. The standard InChI is InChI=1S/C18H20N2O4.Cu.3NO3.2H2O.Sm/c1-23-15-7-3-5-13(17(15)21)11-19-9-10-20-12-14-6-4-8-16(24-2)18(14)22;;3*2-1(3)4;;;/h3-8,11-12,21-22H,9-10H2,1-2H3;;;;;2*1H2;/q;+2;3*-1;;;+3. The number of hydrogen-bond acceptors (Lipinski definition) is 15. The Kier molecular flexibility index (Phi) is 36.9. The summed E-state index contributed by atoms with van der Waals surface area (Å²) >= 11 is 0. The average molecular weight is 764 g/mol. The summed E-state index contributed by atoms with van der Waals surface area (Å²) < 4.78 is 9.94. The fourth-order valence-corrected chi connectivity index (χ4v) is 2.03. The van der Waals surface area contributed by atoms with E-state index in [1.165, 1.54) is 26.6 Å². The minimum Gasteiger partial charge on any atom is -0.870 e. The zero-order valence-corrected chi connectivity index (χ0v) is 24.0. The maximum atomic E-state index is 11.9. The van der Waals surface area contributed by atoms with E-state index < -0.39 is 15.3 Å². The molecule has 0 bridgehead atoms. The Labute approximate surface area is 268 Å². The normalized spacial score (nSPS) is 8.55. The van der Waals surface area contributed by atoms with E-state index in [0.29, 0.717) is 24.2 Å². The largest absolute Gasteiger partial charge is 3.00 e. The predicted molar refractivity (Wildman–Crippen MR) is 131 cm³/mol. The van der Waals surface area contributed by atoms with Crippen LogP contribution in [0, 0.1) is 86.4 Å². The molecule has 0 aromatic heterocycles. The van der Waals surface area contributed by atoms with Crippen molar-refractivity contribution >= 4 is 12.4 Å². The second-order valence-electron chi connectivity index (χ2n) is 5.50.